The predicted octanol–water partition coefficient (Wildman–Crippen LogP) is 2.04. The van der Waals surface area contributed by atoms with Gasteiger partial charge < -0.3 is 10.6 Å². The smallest absolute Gasteiger partial charge is 0.248 e. The van der Waals surface area contributed by atoms with Crippen LogP contribution in [0.5, 0.6) is 0 Å². The van der Waals surface area contributed by atoms with E-state index in [0.717, 1.165) is 0 Å². The Morgan fingerprint density at radius 3 is 2.50 bits per heavy atom. The molecule has 2 rings (SSSR count). The Balaban J connectivity index is 2.06. The minimum Gasteiger partial charge on any atom is -0.326 e. The molecule has 2 aromatic rings. The van der Waals surface area contributed by atoms with Crippen LogP contribution < -0.4 is 10.6 Å². The molecule has 2 N–H and O–H groups in total. The number of hydrogen-bond acceptors (Lipinski definition) is 3. The van der Waals surface area contributed by atoms with E-state index in [1.165, 1.54) is 6.92 Å². The van der Waals surface area contributed by atoms with E-state index in [4.69, 9.17) is 0 Å². The third-order valence-electron chi connectivity index (χ3n) is 2.75. The molecule has 1 unspecified atom stereocenters. The van der Waals surface area contributed by atoms with Gasteiger partial charge in [0.05, 0.1) is 0 Å². The van der Waals surface area contributed by atoms with Crippen LogP contribution in [0.15, 0.2) is 42.7 Å². The third kappa shape index (κ3) is 3.44. The predicted molar refractivity (Wildman–Crippen MR) is 76.3 cm³/mol. The molecule has 1 heterocycles. The van der Waals surface area contributed by atoms with Gasteiger partial charge in [-0.2, -0.15) is 5.10 Å². The molecule has 104 valence electrons. The largest absolute Gasteiger partial charge is 0.326 e. The van der Waals surface area contributed by atoms with Crippen LogP contribution in [-0.2, 0) is 9.59 Å². The highest BCUT2D eigenvalue weighted by Gasteiger charge is 2.15. The van der Waals surface area contributed by atoms with E-state index < -0.39 is 6.04 Å². The highest BCUT2D eigenvalue weighted by Crippen LogP contribution is 2.16. The molecule has 1 atom stereocenters. The van der Waals surface area contributed by atoms with E-state index in [2.05, 4.69) is 15.7 Å². The Bertz CT molecular complexity index is 607. The molecule has 20 heavy (non-hydrogen) atoms. The fourth-order valence-electron chi connectivity index (χ4n) is 1.75. The average molecular weight is 272 g/mol. The molecule has 0 fully saturated rings. The molecule has 6 heteroatoms. The number of nitrogens with zero attached hydrogens (tertiary/aromatic N) is 2. The van der Waals surface area contributed by atoms with E-state index in [0.29, 0.717) is 11.4 Å². The third-order valence-corrected chi connectivity index (χ3v) is 2.75. The Morgan fingerprint density at radius 1 is 1.20 bits per heavy atom. The summed E-state index contributed by atoms with van der Waals surface area (Å²) in [7, 11) is 0. The molecular weight excluding hydrogens is 256 g/mol. The van der Waals surface area contributed by atoms with E-state index in [-0.39, 0.29) is 11.8 Å². The van der Waals surface area contributed by atoms with Gasteiger partial charge in [-0.3, -0.25) is 14.3 Å². The molecule has 0 aliphatic rings. The van der Waals surface area contributed by atoms with E-state index in [1.54, 1.807) is 54.3 Å². The fraction of sp³-hybridized carbons (Fsp3) is 0.214. The van der Waals surface area contributed by atoms with Crippen molar-refractivity contribution in [2.75, 3.05) is 10.6 Å². The quantitative estimate of drug-likeness (QED) is 0.894. The second-order valence-electron chi connectivity index (χ2n) is 4.41. The van der Waals surface area contributed by atoms with E-state index in [1.807, 2.05) is 0 Å². The first-order chi connectivity index (χ1) is 9.56. The normalized spacial score (nSPS) is 11.7. The monoisotopic (exact) mass is 272 g/mol. The highest BCUT2D eigenvalue weighted by atomic mass is 16.2. The maximum absolute atomic E-state index is 12.1. The Hall–Kier alpha value is -2.63. The number of carbonyl (C=O) groups excluding carboxylic acids is 2. The molecule has 1 aromatic heterocycles. The lowest BCUT2D eigenvalue weighted by molar-refractivity contribution is -0.119. The average Bonchev–Trinajstić information content (AvgIpc) is 2.91. The van der Waals surface area contributed by atoms with Gasteiger partial charge in [0.1, 0.15) is 6.04 Å². The van der Waals surface area contributed by atoms with Gasteiger partial charge in [-0.05, 0) is 31.2 Å². The Morgan fingerprint density at radius 2 is 1.90 bits per heavy atom. The van der Waals surface area contributed by atoms with Crippen LogP contribution in [-0.4, -0.2) is 21.6 Å². The van der Waals surface area contributed by atoms with Crippen molar-refractivity contribution in [3.8, 4) is 0 Å². The van der Waals surface area contributed by atoms with Crippen molar-refractivity contribution >= 4 is 23.2 Å². The zero-order valence-electron chi connectivity index (χ0n) is 11.3. The van der Waals surface area contributed by atoms with E-state index >= 15 is 0 Å². The molecule has 0 saturated heterocycles. The summed E-state index contributed by atoms with van der Waals surface area (Å²) < 4.78 is 1.58. The lowest BCUT2D eigenvalue weighted by Crippen LogP contribution is -2.24. The van der Waals surface area contributed by atoms with Gasteiger partial charge in [-0.1, -0.05) is 6.07 Å². The molecule has 0 saturated carbocycles. The SMILES string of the molecule is CC(=O)Nc1cccc(NC(=O)C(C)n2cccn2)c1. The van der Waals surface area contributed by atoms with Crippen molar-refractivity contribution < 1.29 is 9.59 Å². The first-order valence-corrected chi connectivity index (χ1v) is 6.24. The first kappa shape index (κ1) is 13.8. The van der Waals surface area contributed by atoms with Gasteiger partial charge in [0.15, 0.2) is 0 Å². The van der Waals surface area contributed by atoms with Crippen molar-refractivity contribution in [2.24, 2.45) is 0 Å². The molecule has 0 bridgehead atoms. The van der Waals surface area contributed by atoms with Crippen LogP contribution in [0.1, 0.15) is 19.9 Å². The number of anilines is 2. The zero-order valence-corrected chi connectivity index (χ0v) is 11.3. The second kappa shape index (κ2) is 6.01. The van der Waals surface area contributed by atoms with Crippen LogP contribution in [0.2, 0.25) is 0 Å². The van der Waals surface area contributed by atoms with Crippen LogP contribution >= 0.6 is 0 Å². The molecular formula is C14H16N4O2. The summed E-state index contributed by atoms with van der Waals surface area (Å²) in [6, 6.07) is 8.34. The standard InChI is InChI=1S/C14H16N4O2/c1-10(18-8-4-7-15-18)14(20)17-13-6-3-5-12(9-13)16-11(2)19/h3-10H,1-2H3,(H,16,19)(H,17,20). The fourth-order valence-corrected chi connectivity index (χ4v) is 1.75. The maximum Gasteiger partial charge on any atom is 0.248 e. The van der Waals surface area contributed by atoms with Crippen LogP contribution in [0.25, 0.3) is 0 Å². The number of amides is 2. The van der Waals surface area contributed by atoms with Crippen LogP contribution in [0.3, 0.4) is 0 Å². The van der Waals surface area contributed by atoms with Crippen molar-refractivity contribution in [3.63, 3.8) is 0 Å². The van der Waals surface area contributed by atoms with Crippen molar-refractivity contribution in [2.45, 2.75) is 19.9 Å². The molecule has 1 aromatic carbocycles. The molecule has 2 amide bonds. The molecule has 0 aliphatic carbocycles. The minimum atomic E-state index is -0.408. The first-order valence-electron chi connectivity index (χ1n) is 6.24. The van der Waals surface area contributed by atoms with Crippen molar-refractivity contribution in [1.29, 1.82) is 0 Å². The van der Waals surface area contributed by atoms with Crippen LogP contribution in [0, 0.1) is 0 Å². The highest BCUT2D eigenvalue weighted by molar-refractivity contribution is 5.95. The number of nitrogens with one attached hydrogen (secondary N) is 2. The van der Waals surface area contributed by atoms with Gasteiger partial charge in [0, 0.05) is 30.7 Å². The summed E-state index contributed by atoms with van der Waals surface area (Å²) in [6.07, 6.45) is 3.36. The number of hydrogen-bond donors (Lipinski definition) is 2. The summed E-state index contributed by atoms with van der Waals surface area (Å²) in [6.45, 7) is 3.20. The lowest BCUT2D eigenvalue weighted by atomic mass is 10.2. The number of rotatable bonds is 4. The van der Waals surface area contributed by atoms with Crippen molar-refractivity contribution in [1.82, 2.24) is 9.78 Å². The minimum absolute atomic E-state index is 0.154. The van der Waals surface area contributed by atoms with Crippen LogP contribution in [0.4, 0.5) is 11.4 Å². The number of carbonyl (C=O) groups is 2. The Kier molecular flexibility index (Phi) is 4.14. The zero-order chi connectivity index (χ0) is 14.5. The Labute approximate surface area is 116 Å². The second-order valence-corrected chi connectivity index (χ2v) is 4.41. The van der Waals surface area contributed by atoms with Gasteiger partial charge in [-0.25, -0.2) is 0 Å². The van der Waals surface area contributed by atoms with Gasteiger partial charge >= 0.3 is 0 Å². The van der Waals surface area contributed by atoms with Gasteiger partial charge in [0.2, 0.25) is 11.8 Å². The summed E-state index contributed by atoms with van der Waals surface area (Å²) in [4.78, 5) is 23.1. The van der Waals surface area contributed by atoms with E-state index in [9.17, 15) is 9.59 Å². The van der Waals surface area contributed by atoms with Crippen molar-refractivity contribution in [3.05, 3.63) is 42.7 Å². The summed E-state index contributed by atoms with van der Waals surface area (Å²) >= 11 is 0. The summed E-state index contributed by atoms with van der Waals surface area (Å²) in [5, 5.41) is 9.49. The van der Waals surface area contributed by atoms with Gasteiger partial charge in [-0.15, -0.1) is 0 Å². The number of benzene rings is 1. The van der Waals surface area contributed by atoms with Gasteiger partial charge in [0.25, 0.3) is 0 Å². The summed E-state index contributed by atoms with van der Waals surface area (Å²) in [5.41, 5.74) is 1.27. The molecule has 6 nitrogen and oxygen atoms in total. The topological polar surface area (TPSA) is 76.0 Å². The molecule has 0 spiro atoms. The molecule has 0 aliphatic heterocycles. The number of aromatic nitrogens is 2. The lowest BCUT2D eigenvalue weighted by Gasteiger charge is -2.13. The summed E-state index contributed by atoms with van der Waals surface area (Å²) in [5.74, 6) is -0.327. The maximum atomic E-state index is 12.1. The molecule has 0 radical (unpaired) electrons.